The monoisotopic (exact) mass is 243 g/mol. The molecule has 18 heavy (non-hydrogen) atoms. The molecule has 0 N–H and O–H groups in total. The number of pyridine rings is 1. The average molecular weight is 243 g/mol. The van der Waals surface area contributed by atoms with Crippen LogP contribution >= 0.6 is 0 Å². The van der Waals surface area contributed by atoms with Crippen molar-refractivity contribution in [2.24, 2.45) is 0 Å². The molecule has 0 fully saturated rings. The van der Waals surface area contributed by atoms with Crippen LogP contribution in [0.2, 0.25) is 0 Å². The maximum Gasteiger partial charge on any atom is 0.341 e. The Morgan fingerprint density at radius 3 is 2.67 bits per heavy atom. The van der Waals surface area contributed by atoms with E-state index in [4.69, 9.17) is 4.74 Å². The van der Waals surface area contributed by atoms with E-state index in [1.54, 1.807) is 26.2 Å². The average Bonchev–Trinajstić information content (AvgIpc) is 2.40. The van der Waals surface area contributed by atoms with Gasteiger partial charge in [0.05, 0.1) is 17.9 Å². The number of carbonyl (C=O) groups is 1. The molecule has 5 nitrogen and oxygen atoms in total. The van der Waals surface area contributed by atoms with Crippen molar-refractivity contribution in [1.29, 1.82) is 0 Å². The van der Waals surface area contributed by atoms with Crippen LogP contribution in [0.1, 0.15) is 23.0 Å². The molecule has 0 aliphatic carbocycles. The van der Waals surface area contributed by atoms with Crippen molar-refractivity contribution >= 4 is 5.97 Å². The lowest BCUT2D eigenvalue weighted by Gasteiger charge is -2.06. The Balaban J connectivity index is 2.34. The highest BCUT2D eigenvalue weighted by atomic mass is 16.5. The van der Waals surface area contributed by atoms with Crippen LogP contribution in [0, 0.1) is 6.92 Å². The molecule has 0 aromatic carbocycles. The molecule has 0 aliphatic rings. The van der Waals surface area contributed by atoms with Gasteiger partial charge in [-0.1, -0.05) is 0 Å². The van der Waals surface area contributed by atoms with Gasteiger partial charge in [0.1, 0.15) is 0 Å². The number of aryl methyl sites for hydroxylation is 1. The molecule has 2 heterocycles. The largest absolute Gasteiger partial charge is 0.462 e. The summed E-state index contributed by atoms with van der Waals surface area (Å²) in [7, 11) is 0. The minimum absolute atomic E-state index is 0.338. The quantitative estimate of drug-likeness (QED) is 0.772. The number of hydrogen-bond acceptors (Lipinski definition) is 5. The Labute approximate surface area is 105 Å². The molecule has 2 rings (SSSR count). The molecule has 0 amide bonds. The molecular weight excluding hydrogens is 230 g/mol. The number of carbonyl (C=O) groups excluding carboxylic acids is 1. The summed E-state index contributed by atoms with van der Waals surface area (Å²) in [6.45, 7) is 3.86. The first-order valence-corrected chi connectivity index (χ1v) is 5.63. The Hall–Kier alpha value is -2.30. The van der Waals surface area contributed by atoms with E-state index < -0.39 is 5.97 Å². The molecule has 0 unspecified atom stereocenters. The van der Waals surface area contributed by atoms with Crippen LogP contribution in [0.15, 0.2) is 30.7 Å². The summed E-state index contributed by atoms with van der Waals surface area (Å²) in [4.78, 5) is 24.0. The maximum absolute atomic E-state index is 11.6. The van der Waals surface area contributed by atoms with Crippen molar-refractivity contribution < 1.29 is 9.53 Å². The van der Waals surface area contributed by atoms with Gasteiger partial charge in [-0.2, -0.15) is 0 Å². The van der Waals surface area contributed by atoms with Crippen LogP contribution in [0.4, 0.5) is 0 Å². The highest BCUT2D eigenvalue weighted by Crippen LogP contribution is 2.15. The number of rotatable bonds is 3. The number of esters is 1. The number of nitrogens with zero attached hydrogens (tertiary/aromatic N) is 3. The van der Waals surface area contributed by atoms with Gasteiger partial charge in [-0.05, 0) is 26.0 Å². The number of aromatic nitrogens is 3. The lowest BCUT2D eigenvalue weighted by Crippen LogP contribution is -2.09. The summed E-state index contributed by atoms with van der Waals surface area (Å²) in [5, 5.41) is 0. The molecule has 0 aliphatic heterocycles. The Kier molecular flexibility index (Phi) is 3.62. The Morgan fingerprint density at radius 1 is 1.33 bits per heavy atom. The van der Waals surface area contributed by atoms with Crippen molar-refractivity contribution in [3.63, 3.8) is 0 Å². The van der Waals surface area contributed by atoms with E-state index in [1.807, 2.05) is 12.1 Å². The molecule has 2 aromatic heterocycles. The van der Waals surface area contributed by atoms with Gasteiger partial charge in [-0.15, -0.1) is 0 Å². The van der Waals surface area contributed by atoms with Gasteiger partial charge in [-0.3, -0.25) is 4.98 Å². The Bertz CT molecular complexity index is 555. The first-order chi connectivity index (χ1) is 8.72. The predicted octanol–water partition coefficient (Wildman–Crippen LogP) is 2.02. The van der Waals surface area contributed by atoms with E-state index in [2.05, 4.69) is 15.0 Å². The van der Waals surface area contributed by atoms with Crippen molar-refractivity contribution in [3.05, 3.63) is 42.0 Å². The number of ether oxygens (including phenoxy) is 1. The van der Waals surface area contributed by atoms with Crippen molar-refractivity contribution in [2.45, 2.75) is 13.8 Å². The summed E-state index contributed by atoms with van der Waals surface area (Å²) in [6, 6.07) is 3.64. The molecular formula is C13H13N3O2. The van der Waals surface area contributed by atoms with E-state index in [1.165, 1.54) is 6.20 Å². The maximum atomic E-state index is 11.6. The zero-order valence-electron chi connectivity index (χ0n) is 10.3. The standard InChI is InChI=1S/C13H13N3O2/c1-3-18-13(17)11-8-15-12(16-9(11)2)10-4-6-14-7-5-10/h4-8H,3H2,1-2H3. The van der Waals surface area contributed by atoms with Gasteiger partial charge in [0.25, 0.3) is 0 Å². The zero-order valence-corrected chi connectivity index (χ0v) is 10.3. The summed E-state index contributed by atoms with van der Waals surface area (Å²) < 4.78 is 4.93. The summed E-state index contributed by atoms with van der Waals surface area (Å²) >= 11 is 0. The molecule has 0 saturated carbocycles. The first kappa shape index (κ1) is 12.2. The van der Waals surface area contributed by atoms with Gasteiger partial charge < -0.3 is 4.74 Å². The van der Waals surface area contributed by atoms with E-state index in [-0.39, 0.29) is 0 Å². The van der Waals surface area contributed by atoms with Crippen LogP contribution in [-0.2, 0) is 4.74 Å². The topological polar surface area (TPSA) is 65.0 Å². The lowest BCUT2D eigenvalue weighted by atomic mass is 10.2. The molecule has 0 bridgehead atoms. The highest BCUT2D eigenvalue weighted by Gasteiger charge is 2.13. The highest BCUT2D eigenvalue weighted by molar-refractivity contribution is 5.90. The van der Waals surface area contributed by atoms with Crippen LogP contribution in [0.3, 0.4) is 0 Å². The van der Waals surface area contributed by atoms with E-state index >= 15 is 0 Å². The third-order valence-corrected chi connectivity index (χ3v) is 2.41. The van der Waals surface area contributed by atoms with E-state index in [0.29, 0.717) is 23.7 Å². The van der Waals surface area contributed by atoms with E-state index in [0.717, 1.165) is 5.56 Å². The SMILES string of the molecule is CCOC(=O)c1cnc(-c2ccncc2)nc1C. The second-order valence-corrected chi connectivity index (χ2v) is 3.65. The molecule has 0 saturated heterocycles. The van der Waals surface area contributed by atoms with Crippen molar-refractivity contribution in [3.8, 4) is 11.4 Å². The van der Waals surface area contributed by atoms with Crippen LogP contribution < -0.4 is 0 Å². The number of hydrogen-bond donors (Lipinski definition) is 0. The molecule has 0 spiro atoms. The normalized spacial score (nSPS) is 10.1. The minimum Gasteiger partial charge on any atom is -0.462 e. The van der Waals surface area contributed by atoms with Crippen LogP contribution in [0.25, 0.3) is 11.4 Å². The lowest BCUT2D eigenvalue weighted by molar-refractivity contribution is 0.0524. The fraction of sp³-hybridized carbons (Fsp3) is 0.231. The fourth-order valence-electron chi connectivity index (χ4n) is 1.52. The first-order valence-electron chi connectivity index (χ1n) is 5.63. The van der Waals surface area contributed by atoms with Gasteiger partial charge in [0.15, 0.2) is 5.82 Å². The summed E-state index contributed by atoms with van der Waals surface area (Å²) in [6.07, 6.45) is 4.84. The second-order valence-electron chi connectivity index (χ2n) is 3.65. The van der Waals surface area contributed by atoms with Crippen LogP contribution in [-0.4, -0.2) is 27.5 Å². The molecule has 5 heteroatoms. The molecule has 92 valence electrons. The van der Waals surface area contributed by atoms with Gasteiger partial charge in [-0.25, -0.2) is 14.8 Å². The smallest absolute Gasteiger partial charge is 0.341 e. The third-order valence-electron chi connectivity index (χ3n) is 2.41. The van der Waals surface area contributed by atoms with E-state index in [9.17, 15) is 4.79 Å². The molecule has 0 atom stereocenters. The summed E-state index contributed by atoms with van der Waals surface area (Å²) in [5.41, 5.74) is 1.87. The van der Waals surface area contributed by atoms with Gasteiger partial charge >= 0.3 is 5.97 Å². The van der Waals surface area contributed by atoms with Gasteiger partial charge in [0.2, 0.25) is 0 Å². The predicted molar refractivity (Wildman–Crippen MR) is 66.0 cm³/mol. The zero-order chi connectivity index (χ0) is 13.0. The fourth-order valence-corrected chi connectivity index (χ4v) is 1.52. The minimum atomic E-state index is -0.392. The molecule has 0 radical (unpaired) electrons. The van der Waals surface area contributed by atoms with Crippen LogP contribution in [0.5, 0.6) is 0 Å². The second kappa shape index (κ2) is 5.35. The summed E-state index contributed by atoms with van der Waals surface area (Å²) in [5.74, 6) is 0.180. The Morgan fingerprint density at radius 2 is 2.06 bits per heavy atom. The molecule has 2 aromatic rings. The van der Waals surface area contributed by atoms with Gasteiger partial charge in [0, 0.05) is 24.2 Å². The van der Waals surface area contributed by atoms with Crippen molar-refractivity contribution in [1.82, 2.24) is 15.0 Å². The third kappa shape index (κ3) is 2.51. The van der Waals surface area contributed by atoms with Crippen molar-refractivity contribution in [2.75, 3.05) is 6.61 Å².